The molecule has 1 aromatic carbocycles. The molecular weight excluding hydrogens is 308 g/mol. The van der Waals surface area contributed by atoms with Crippen molar-refractivity contribution in [2.75, 3.05) is 0 Å². The molecule has 0 saturated carbocycles. The molecule has 0 radical (unpaired) electrons. The van der Waals surface area contributed by atoms with E-state index in [1.807, 2.05) is 13.8 Å². The summed E-state index contributed by atoms with van der Waals surface area (Å²) in [6, 6.07) is 4.27. The maximum atomic E-state index is 11.6. The van der Waals surface area contributed by atoms with Crippen molar-refractivity contribution < 1.29 is 9.90 Å². The predicted molar refractivity (Wildman–Crippen MR) is 108 cm³/mol. The topological polar surface area (TPSA) is 37.3 Å². The van der Waals surface area contributed by atoms with Crippen LogP contribution in [0.2, 0.25) is 0 Å². The van der Waals surface area contributed by atoms with Crippen molar-refractivity contribution in [3.8, 4) is 0 Å². The van der Waals surface area contributed by atoms with Crippen LogP contribution in [-0.2, 0) is 0 Å². The van der Waals surface area contributed by atoms with Crippen molar-refractivity contribution in [1.82, 2.24) is 0 Å². The fraction of sp³-hybridized carbons (Fsp3) is 0.696. The highest BCUT2D eigenvalue weighted by Crippen LogP contribution is 2.49. The number of aryl methyl sites for hydroxylation is 2. The zero-order valence-corrected chi connectivity index (χ0v) is 17.6. The molecule has 0 aliphatic carbocycles. The molecule has 1 N–H and O–H groups in total. The molecule has 1 aromatic rings. The lowest BCUT2D eigenvalue weighted by atomic mass is 9.62. The second-order valence-electron chi connectivity index (χ2n) is 8.47. The summed E-state index contributed by atoms with van der Waals surface area (Å²) >= 11 is 0. The van der Waals surface area contributed by atoms with Crippen LogP contribution in [0.25, 0.3) is 0 Å². The van der Waals surface area contributed by atoms with Crippen LogP contribution in [0.3, 0.4) is 0 Å². The van der Waals surface area contributed by atoms with E-state index in [9.17, 15) is 9.90 Å². The van der Waals surface area contributed by atoms with Gasteiger partial charge in [0.15, 0.2) is 0 Å². The second-order valence-corrected chi connectivity index (χ2v) is 8.47. The molecule has 142 valence electrons. The molecule has 2 heteroatoms. The number of carbonyl (C=O) groups is 1. The molecule has 0 spiro atoms. The molecule has 0 fully saturated rings. The van der Waals surface area contributed by atoms with Gasteiger partial charge in [-0.25, -0.2) is 4.79 Å². The van der Waals surface area contributed by atoms with Gasteiger partial charge in [0.2, 0.25) is 0 Å². The monoisotopic (exact) mass is 346 g/mol. The molecule has 0 aliphatic heterocycles. The van der Waals surface area contributed by atoms with Gasteiger partial charge in [-0.15, -0.1) is 0 Å². The normalized spacial score (nSPS) is 13.8. The number of rotatable bonds is 9. The van der Waals surface area contributed by atoms with Crippen molar-refractivity contribution in [3.05, 3.63) is 34.4 Å². The van der Waals surface area contributed by atoms with E-state index in [0.29, 0.717) is 16.9 Å². The average molecular weight is 347 g/mol. The zero-order valence-electron chi connectivity index (χ0n) is 17.6. The first-order chi connectivity index (χ1) is 11.6. The fourth-order valence-corrected chi connectivity index (χ4v) is 4.08. The van der Waals surface area contributed by atoms with E-state index in [2.05, 4.69) is 53.7 Å². The number of benzene rings is 1. The van der Waals surface area contributed by atoms with Crippen LogP contribution in [0, 0.1) is 24.7 Å². The summed E-state index contributed by atoms with van der Waals surface area (Å²) in [5, 5.41) is 9.49. The third-order valence-electron chi connectivity index (χ3n) is 7.03. The maximum absolute atomic E-state index is 11.6. The van der Waals surface area contributed by atoms with Gasteiger partial charge in [0, 0.05) is 0 Å². The van der Waals surface area contributed by atoms with Gasteiger partial charge in [0.25, 0.3) is 0 Å². The van der Waals surface area contributed by atoms with Crippen LogP contribution in [0.4, 0.5) is 0 Å². The Morgan fingerprint density at radius 2 is 1.40 bits per heavy atom. The highest BCUT2D eigenvalue weighted by Gasteiger charge is 2.37. The van der Waals surface area contributed by atoms with E-state index < -0.39 is 5.97 Å². The smallest absolute Gasteiger partial charge is 0.336 e. The molecule has 0 aliphatic rings. The second kappa shape index (κ2) is 8.38. The Morgan fingerprint density at radius 3 is 1.72 bits per heavy atom. The zero-order chi connectivity index (χ0) is 19.4. The molecule has 1 atom stereocenters. The molecular formula is C23H38O2. The summed E-state index contributed by atoms with van der Waals surface area (Å²) < 4.78 is 0. The minimum absolute atomic E-state index is 0.231. The van der Waals surface area contributed by atoms with Crippen molar-refractivity contribution in [3.63, 3.8) is 0 Å². The largest absolute Gasteiger partial charge is 0.478 e. The lowest BCUT2D eigenvalue weighted by Crippen LogP contribution is -2.30. The lowest BCUT2D eigenvalue weighted by Gasteiger charge is -2.42. The van der Waals surface area contributed by atoms with Gasteiger partial charge in [-0.2, -0.15) is 0 Å². The van der Waals surface area contributed by atoms with Crippen molar-refractivity contribution in [2.24, 2.45) is 10.8 Å². The van der Waals surface area contributed by atoms with E-state index in [0.717, 1.165) is 30.4 Å². The molecule has 2 nitrogen and oxygen atoms in total. The molecule has 0 heterocycles. The molecule has 1 unspecified atom stereocenters. The number of hydrogen-bond donors (Lipinski definition) is 1. The summed E-state index contributed by atoms with van der Waals surface area (Å²) in [7, 11) is 0. The fourth-order valence-electron chi connectivity index (χ4n) is 4.08. The Kier molecular flexibility index (Phi) is 7.28. The molecule has 0 saturated heterocycles. The minimum Gasteiger partial charge on any atom is -0.478 e. The SMILES string of the molecule is CCC(C)(CC)CC(c1cc(C)c(C(=O)O)c(C)c1)C(C)(CC)CC. The van der Waals surface area contributed by atoms with Gasteiger partial charge in [-0.1, -0.05) is 79.4 Å². The van der Waals surface area contributed by atoms with Gasteiger partial charge >= 0.3 is 5.97 Å². The highest BCUT2D eigenvalue weighted by molar-refractivity contribution is 5.91. The third kappa shape index (κ3) is 4.65. The number of aromatic carboxylic acids is 1. The van der Waals surface area contributed by atoms with Crippen LogP contribution in [0.1, 0.15) is 107 Å². The Labute approximate surface area is 155 Å². The summed E-state index contributed by atoms with van der Waals surface area (Å²) in [6.45, 7) is 17.8. The highest BCUT2D eigenvalue weighted by atomic mass is 16.4. The minimum atomic E-state index is -0.821. The Balaban J connectivity index is 3.50. The van der Waals surface area contributed by atoms with E-state index in [1.165, 1.54) is 18.4 Å². The first-order valence-corrected chi connectivity index (χ1v) is 9.91. The first-order valence-electron chi connectivity index (χ1n) is 9.91. The summed E-state index contributed by atoms with van der Waals surface area (Å²) in [6.07, 6.45) is 5.78. The van der Waals surface area contributed by atoms with Crippen molar-refractivity contribution in [1.29, 1.82) is 0 Å². The number of carboxylic acid groups (broad SMARTS) is 1. The van der Waals surface area contributed by atoms with Gasteiger partial charge in [-0.05, 0) is 53.7 Å². The quantitative estimate of drug-likeness (QED) is 0.516. The van der Waals surface area contributed by atoms with Gasteiger partial charge in [-0.3, -0.25) is 0 Å². The van der Waals surface area contributed by atoms with Gasteiger partial charge in [0.05, 0.1) is 5.56 Å². The third-order valence-corrected chi connectivity index (χ3v) is 7.03. The first kappa shape index (κ1) is 21.7. The van der Waals surface area contributed by atoms with E-state index in [-0.39, 0.29) is 5.41 Å². The van der Waals surface area contributed by atoms with Crippen LogP contribution in [-0.4, -0.2) is 11.1 Å². The summed E-state index contributed by atoms with van der Waals surface area (Å²) in [4.78, 5) is 11.6. The Hall–Kier alpha value is -1.31. The Bertz CT molecular complexity index is 569. The lowest BCUT2D eigenvalue weighted by molar-refractivity contribution is 0.0695. The van der Waals surface area contributed by atoms with E-state index in [4.69, 9.17) is 0 Å². The Morgan fingerprint density at radius 1 is 0.960 bits per heavy atom. The standard InChI is InChI=1S/C23H38O2/c1-9-22(7,10-2)15-19(23(8,11-3)12-4)18-13-16(5)20(21(24)25)17(6)14-18/h13-14,19H,9-12,15H2,1-8H3,(H,24,25). The number of carboxylic acids is 1. The molecule has 0 aromatic heterocycles. The predicted octanol–water partition coefficient (Wildman–Crippen LogP) is 7.13. The van der Waals surface area contributed by atoms with Crippen molar-refractivity contribution in [2.45, 2.75) is 93.4 Å². The van der Waals surface area contributed by atoms with E-state index in [1.54, 1.807) is 0 Å². The average Bonchev–Trinajstić information content (AvgIpc) is 2.57. The van der Waals surface area contributed by atoms with Crippen LogP contribution in [0.15, 0.2) is 12.1 Å². The molecule has 0 bridgehead atoms. The molecule has 0 amide bonds. The summed E-state index contributed by atoms with van der Waals surface area (Å²) in [5.74, 6) is -0.369. The van der Waals surface area contributed by atoms with Crippen molar-refractivity contribution >= 4 is 5.97 Å². The van der Waals surface area contributed by atoms with Crippen LogP contribution >= 0.6 is 0 Å². The van der Waals surface area contributed by atoms with Crippen LogP contribution < -0.4 is 0 Å². The molecule has 25 heavy (non-hydrogen) atoms. The van der Waals surface area contributed by atoms with Crippen LogP contribution in [0.5, 0.6) is 0 Å². The summed E-state index contributed by atoms with van der Waals surface area (Å²) in [5.41, 5.74) is 4.11. The van der Waals surface area contributed by atoms with Gasteiger partial charge in [0.1, 0.15) is 0 Å². The maximum Gasteiger partial charge on any atom is 0.336 e. The van der Waals surface area contributed by atoms with Gasteiger partial charge < -0.3 is 5.11 Å². The van der Waals surface area contributed by atoms with E-state index >= 15 is 0 Å². The number of hydrogen-bond acceptors (Lipinski definition) is 1. The molecule has 1 rings (SSSR count).